The van der Waals surface area contributed by atoms with Gasteiger partial charge in [-0.05, 0) is 18.9 Å². The van der Waals surface area contributed by atoms with Crippen molar-refractivity contribution in [1.82, 2.24) is 19.7 Å². The number of nitrogens with two attached hydrogens (primary N) is 1. The first kappa shape index (κ1) is 9.59. The standard InChI is InChI=1S/C10H10ClN5/c11-9-8(12)10(14-5-13-9)16-4-3-7(15-16)6-1-2-6/h3-6H,1-2,12H2. The lowest BCUT2D eigenvalue weighted by Crippen LogP contribution is -2.05. The smallest absolute Gasteiger partial charge is 0.181 e. The highest BCUT2D eigenvalue weighted by Gasteiger charge is 2.26. The zero-order chi connectivity index (χ0) is 11.1. The highest BCUT2D eigenvalue weighted by Crippen LogP contribution is 2.39. The van der Waals surface area contributed by atoms with E-state index in [9.17, 15) is 0 Å². The Morgan fingerprint density at radius 2 is 2.19 bits per heavy atom. The Morgan fingerprint density at radius 3 is 2.94 bits per heavy atom. The third kappa shape index (κ3) is 1.53. The molecule has 0 spiro atoms. The highest BCUT2D eigenvalue weighted by molar-refractivity contribution is 6.32. The van der Waals surface area contributed by atoms with E-state index in [2.05, 4.69) is 15.1 Å². The van der Waals surface area contributed by atoms with Crippen molar-refractivity contribution in [3.05, 3.63) is 29.4 Å². The lowest BCUT2D eigenvalue weighted by molar-refractivity contribution is 0.810. The molecule has 1 aliphatic carbocycles. The number of nitrogen functional groups attached to an aromatic ring is 1. The molecule has 82 valence electrons. The predicted octanol–water partition coefficient (Wildman–Crippen LogP) is 1.78. The van der Waals surface area contributed by atoms with Crippen molar-refractivity contribution >= 4 is 17.3 Å². The van der Waals surface area contributed by atoms with E-state index in [1.807, 2.05) is 12.3 Å². The lowest BCUT2D eigenvalue weighted by atomic mass is 10.3. The molecule has 0 unspecified atom stereocenters. The highest BCUT2D eigenvalue weighted by atomic mass is 35.5. The zero-order valence-electron chi connectivity index (χ0n) is 8.47. The van der Waals surface area contributed by atoms with Crippen LogP contribution in [0, 0.1) is 0 Å². The Balaban J connectivity index is 2.03. The summed E-state index contributed by atoms with van der Waals surface area (Å²) < 4.78 is 1.65. The molecule has 2 heterocycles. The predicted molar refractivity (Wildman–Crippen MR) is 60.6 cm³/mol. The van der Waals surface area contributed by atoms with E-state index in [0.717, 1.165) is 5.69 Å². The molecule has 0 saturated heterocycles. The Labute approximate surface area is 97.3 Å². The van der Waals surface area contributed by atoms with Crippen LogP contribution in [0.1, 0.15) is 24.5 Å². The first-order valence-electron chi connectivity index (χ1n) is 5.07. The second-order valence-corrected chi connectivity index (χ2v) is 4.22. The van der Waals surface area contributed by atoms with Gasteiger partial charge in [0.1, 0.15) is 12.0 Å². The van der Waals surface area contributed by atoms with Crippen LogP contribution in [-0.2, 0) is 0 Å². The minimum Gasteiger partial charge on any atom is -0.393 e. The van der Waals surface area contributed by atoms with Crippen LogP contribution >= 0.6 is 11.6 Å². The summed E-state index contributed by atoms with van der Waals surface area (Å²) in [6, 6.07) is 1.99. The molecule has 2 N–H and O–H groups in total. The largest absolute Gasteiger partial charge is 0.393 e. The van der Waals surface area contributed by atoms with Crippen molar-refractivity contribution in [3.8, 4) is 5.82 Å². The van der Waals surface area contributed by atoms with Crippen LogP contribution < -0.4 is 5.73 Å². The van der Waals surface area contributed by atoms with Crippen molar-refractivity contribution in [3.63, 3.8) is 0 Å². The van der Waals surface area contributed by atoms with Gasteiger partial charge in [0, 0.05) is 12.1 Å². The Hall–Kier alpha value is -1.62. The van der Waals surface area contributed by atoms with Crippen LogP contribution in [0.3, 0.4) is 0 Å². The number of hydrogen-bond acceptors (Lipinski definition) is 4. The van der Waals surface area contributed by atoms with Gasteiger partial charge in [-0.25, -0.2) is 14.6 Å². The van der Waals surface area contributed by atoms with E-state index in [1.54, 1.807) is 4.68 Å². The maximum absolute atomic E-state index is 5.83. The van der Waals surface area contributed by atoms with Crippen molar-refractivity contribution in [2.24, 2.45) is 0 Å². The number of halogens is 1. The lowest BCUT2D eigenvalue weighted by Gasteiger charge is -2.04. The molecule has 3 rings (SSSR count). The maximum atomic E-state index is 5.83. The average Bonchev–Trinajstić information content (AvgIpc) is 3.02. The van der Waals surface area contributed by atoms with Crippen molar-refractivity contribution in [2.75, 3.05) is 5.73 Å². The molecule has 5 nitrogen and oxygen atoms in total. The molecule has 1 aliphatic rings. The van der Waals surface area contributed by atoms with E-state index < -0.39 is 0 Å². The maximum Gasteiger partial charge on any atom is 0.181 e. The third-order valence-corrected chi connectivity index (χ3v) is 2.94. The fourth-order valence-electron chi connectivity index (χ4n) is 1.60. The van der Waals surface area contributed by atoms with E-state index in [0.29, 0.717) is 17.4 Å². The molecule has 2 aromatic heterocycles. The number of anilines is 1. The van der Waals surface area contributed by atoms with Crippen molar-refractivity contribution < 1.29 is 0 Å². The van der Waals surface area contributed by atoms with Crippen LogP contribution in [0.15, 0.2) is 18.6 Å². The van der Waals surface area contributed by atoms with E-state index in [1.165, 1.54) is 19.2 Å². The number of rotatable bonds is 2. The fraction of sp³-hybridized carbons (Fsp3) is 0.300. The molecular formula is C10H10ClN5. The summed E-state index contributed by atoms with van der Waals surface area (Å²) in [6.07, 6.45) is 5.67. The first-order valence-corrected chi connectivity index (χ1v) is 5.45. The summed E-state index contributed by atoms with van der Waals surface area (Å²) in [5.74, 6) is 1.15. The van der Waals surface area contributed by atoms with Gasteiger partial charge >= 0.3 is 0 Å². The first-order chi connectivity index (χ1) is 7.75. The molecule has 6 heteroatoms. The summed E-state index contributed by atoms with van der Waals surface area (Å²) in [5, 5.41) is 4.69. The minimum absolute atomic E-state index is 0.258. The zero-order valence-corrected chi connectivity index (χ0v) is 9.22. The van der Waals surface area contributed by atoms with Gasteiger partial charge in [-0.15, -0.1) is 0 Å². The van der Waals surface area contributed by atoms with E-state index in [-0.39, 0.29) is 5.15 Å². The van der Waals surface area contributed by atoms with Gasteiger partial charge < -0.3 is 5.73 Å². The van der Waals surface area contributed by atoms with E-state index in [4.69, 9.17) is 17.3 Å². The van der Waals surface area contributed by atoms with Crippen molar-refractivity contribution in [2.45, 2.75) is 18.8 Å². The Kier molecular flexibility index (Phi) is 2.07. The Morgan fingerprint density at radius 1 is 1.38 bits per heavy atom. The molecule has 0 amide bonds. The minimum atomic E-state index is 0.258. The number of hydrogen-bond donors (Lipinski definition) is 1. The molecule has 0 radical (unpaired) electrons. The number of nitrogens with zero attached hydrogens (tertiary/aromatic N) is 4. The molecule has 0 aromatic carbocycles. The topological polar surface area (TPSA) is 69.6 Å². The molecule has 1 saturated carbocycles. The summed E-state index contributed by atoms with van der Waals surface area (Å²) in [4.78, 5) is 7.89. The quantitative estimate of drug-likeness (QED) is 0.806. The second kappa shape index (κ2) is 3.45. The van der Waals surface area contributed by atoms with Gasteiger partial charge in [0.15, 0.2) is 11.0 Å². The Bertz CT molecular complexity index is 532. The van der Waals surface area contributed by atoms with Gasteiger partial charge in [-0.1, -0.05) is 11.6 Å². The van der Waals surface area contributed by atoms with Crippen LogP contribution in [0.25, 0.3) is 5.82 Å². The van der Waals surface area contributed by atoms with Crippen LogP contribution in [0.4, 0.5) is 5.69 Å². The van der Waals surface area contributed by atoms with Crippen LogP contribution in [0.2, 0.25) is 5.15 Å². The molecule has 0 aliphatic heterocycles. The van der Waals surface area contributed by atoms with Gasteiger partial charge in [0.2, 0.25) is 0 Å². The molecule has 0 bridgehead atoms. The molecule has 16 heavy (non-hydrogen) atoms. The summed E-state index contributed by atoms with van der Waals surface area (Å²) >= 11 is 5.83. The van der Waals surface area contributed by atoms with Gasteiger partial charge in [0.25, 0.3) is 0 Å². The monoisotopic (exact) mass is 235 g/mol. The molecule has 0 atom stereocenters. The fourth-order valence-corrected chi connectivity index (χ4v) is 1.73. The van der Waals surface area contributed by atoms with Gasteiger partial charge in [-0.2, -0.15) is 5.10 Å². The summed E-state index contributed by atoms with van der Waals surface area (Å²) in [5.41, 5.74) is 7.25. The summed E-state index contributed by atoms with van der Waals surface area (Å²) in [6.45, 7) is 0. The van der Waals surface area contributed by atoms with E-state index >= 15 is 0 Å². The SMILES string of the molecule is Nc1c(Cl)ncnc1-n1ccc(C2CC2)n1. The van der Waals surface area contributed by atoms with Crippen LogP contribution in [-0.4, -0.2) is 19.7 Å². The number of aromatic nitrogens is 4. The normalized spacial score (nSPS) is 15.3. The molecule has 2 aromatic rings. The summed E-state index contributed by atoms with van der Waals surface area (Å²) in [7, 11) is 0. The second-order valence-electron chi connectivity index (χ2n) is 3.86. The van der Waals surface area contributed by atoms with Crippen molar-refractivity contribution in [1.29, 1.82) is 0 Å². The van der Waals surface area contributed by atoms with Gasteiger partial charge in [0.05, 0.1) is 5.69 Å². The third-order valence-electron chi connectivity index (χ3n) is 2.64. The van der Waals surface area contributed by atoms with Crippen LogP contribution in [0.5, 0.6) is 0 Å². The molecular weight excluding hydrogens is 226 g/mol. The van der Waals surface area contributed by atoms with Gasteiger partial charge in [-0.3, -0.25) is 0 Å². The molecule has 1 fully saturated rings. The average molecular weight is 236 g/mol.